The van der Waals surface area contributed by atoms with E-state index in [0.717, 1.165) is 12.1 Å². The van der Waals surface area contributed by atoms with E-state index in [4.69, 9.17) is 0 Å². The van der Waals surface area contributed by atoms with Crippen LogP contribution in [0.3, 0.4) is 0 Å². The Morgan fingerprint density at radius 2 is 1.48 bits per heavy atom. The second-order valence-electron chi connectivity index (χ2n) is 7.01. The predicted octanol–water partition coefficient (Wildman–Crippen LogP) is 2.69. The maximum atomic E-state index is 13.7. The summed E-state index contributed by atoms with van der Waals surface area (Å²) in [5, 5.41) is 0. The third-order valence-electron chi connectivity index (χ3n) is 3.78. The summed E-state index contributed by atoms with van der Waals surface area (Å²) in [6, 6.07) is 3.36. The first-order valence-corrected chi connectivity index (χ1v) is 7.70. The summed E-state index contributed by atoms with van der Waals surface area (Å²) in [7, 11) is 0. The van der Waals surface area contributed by atoms with E-state index in [1.165, 1.54) is 11.0 Å². The van der Waals surface area contributed by atoms with E-state index in [-0.39, 0.29) is 24.4 Å². The first kappa shape index (κ1) is 17.4. The lowest BCUT2D eigenvalue weighted by Crippen LogP contribution is -2.51. The van der Waals surface area contributed by atoms with Gasteiger partial charge in [0.2, 0.25) is 5.91 Å². The molecule has 0 bridgehead atoms. The molecule has 126 valence electrons. The number of halogens is 2. The van der Waals surface area contributed by atoms with Gasteiger partial charge in [-0.3, -0.25) is 9.59 Å². The number of hydrogen-bond acceptors (Lipinski definition) is 2. The Kier molecular flexibility index (Phi) is 5.02. The molecule has 4 nitrogen and oxygen atoms in total. The molecule has 0 N–H and O–H groups in total. The average Bonchev–Trinajstić information content (AvgIpc) is 2.45. The Hall–Kier alpha value is -1.98. The van der Waals surface area contributed by atoms with Crippen molar-refractivity contribution in [2.75, 3.05) is 26.2 Å². The van der Waals surface area contributed by atoms with E-state index in [1.807, 2.05) is 20.8 Å². The van der Waals surface area contributed by atoms with Gasteiger partial charge in [-0.1, -0.05) is 26.8 Å². The van der Waals surface area contributed by atoms with Gasteiger partial charge in [-0.05, 0) is 17.5 Å². The summed E-state index contributed by atoms with van der Waals surface area (Å²) in [4.78, 5) is 27.6. The van der Waals surface area contributed by atoms with Crippen molar-refractivity contribution in [3.8, 4) is 0 Å². The van der Waals surface area contributed by atoms with Gasteiger partial charge in [0.15, 0.2) is 0 Å². The summed E-state index contributed by atoms with van der Waals surface area (Å²) in [6.45, 7) is 7.31. The minimum atomic E-state index is -0.860. The van der Waals surface area contributed by atoms with Crippen LogP contribution in [0.5, 0.6) is 0 Å². The highest BCUT2D eigenvalue weighted by atomic mass is 19.1. The van der Waals surface area contributed by atoms with Crippen molar-refractivity contribution in [1.82, 2.24) is 9.80 Å². The number of carbonyl (C=O) groups is 2. The third-order valence-corrected chi connectivity index (χ3v) is 3.78. The summed E-state index contributed by atoms with van der Waals surface area (Å²) < 4.78 is 27.4. The monoisotopic (exact) mass is 324 g/mol. The third kappa shape index (κ3) is 4.27. The lowest BCUT2D eigenvalue weighted by Gasteiger charge is -2.36. The zero-order valence-electron chi connectivity index (χ0n) is 13.7. The first-order chi connectivity index (χ1) is 10.7. The zero-order chi connectivity index (χ0) is 17.2. The van der Waals surface area contributed by atoms with Crippen molar-refractivity contribution in [1.29, 1.82) is 0 Å². The van der Waals surface area contributed by atoms with Crippen molar-refractivity contribution in [3.63, 3.8) is 0 Å². The van der Waals surface area contributed by atoms with Crippen LogP contribution in [0.25, 0.3) is 0 Å². The Bertz CT molecular complexity index is 583. The number of nitrogens with zero attached hydrogens (tertiary/aromatic N) is 2. The zero-order valence-corrected chi connectivity index (χ0v) is 13.7. The van der Waals surface area contributed by atoms with E-state index >= 15 is 0 Å². The molecule has 0 saturated carbocycles. The van der Waals surface area contributed by atoms with Crippen molar-refractivity contribution in [3.05, 3.63) is 35.4 Å². The Balaban J connectivity index is 1.99. The van der Waals surface area contributed by atoms with Gasteiger partial charge in [0.1, 0.15) is 17.2 Å². The number of hydrogen-bond donors (Lipinski definition) is 0. The molecule has 1 aromatic rings. The lowest BCUT2D eigenvalue weighted by atomic mass is 9.91. The smallest absolute Gasteiger partial charge is 0.259 e. The number of rotatable bonds is 2. The molecule has 2 rings (SSSR count). The largest absolute Gasteiger partial charge is 0.339 e. The van der Waals surface area contributed by atoms with Gasteiger partial charge in [-0.2, -0.15) is 0 Å². The summed E-state index contributed by atoms with van der Waals surface area (Å²) in [5.74, 6) is -2.34. The van der Waals surface area contributed by atoms with Crippen LogP contribution in [0.4, 0.5) is 8.78 Å². The molecule has 0 aromatic heterocycles. The summed E-state index contributed by atoms with van der Waals surface area (Å²) in [5.41, 5.74) is -0.623. The van der Waals surface area contributed by atoms with Gasteiger partial charge in [0.25, 0.3) is 5.91 Å². The van der Waals surface area contributed by atoms with Gasteiger partial charge in [-0.25, -0.2) is 8.78 Å². The molecule has 2 amide bonds. The molecule has 0 unspecified atom stereocenters. The van der Waals surface area contributed by atoms with E-state index in [2.05, 4.69) is 0 Å². The molecule has 0 atom stereocenters. The van der Waals surface area contributed by atoms with Crippen LogP contribution in [-0.4, -0.2) is 47.8 Å². The Labute approximate surface area is 135 Å². The van der Waals surface area contributed by atoms with Gasteiger partial charge in [0.05, 0.1) is 0 Å². The maximum absolute atomic E-state index is 13.7. The number of carbonyl (C=O) groups excluding carboxylic acids is 2. The van der Waals surface area contributed by atoms with Crippen LogP contribution in [0.1, 0.15) is 37.6 Å². The molecule has 1 fully saturated rings. The Morgan fingerprint density at radius 3 is 1.96 bits per heavy atom. The number of amides is 2. The Morgan fingerprint density at radius 1 is 1.00 bits per heavy atom. The van der Waals surface area contributed by atoms with Crippen LogP contribution >= 0.6 is 0 Å². The van der Waals surface area contributed by atoms with E-state index in [0.29, 0.717) is 19.5 Å². The highest BCUT2D eigenvalue weighted by Gasteiger charge is 2.29. The van der Waals surface area contributed by atoms with Crippen molar-refractivity contribution < 1.29 is 18.4 Å². The molecule has 1 aliphatic rings. The standard InChI is InChI=1S/C17H22F2N2O2/c1-17(2,3)11-14(22)20-7-9-21(10-8-20)16(23)15-12(18)5-4-6-13(15)19/h4-6H,7-11H2,1-3H3. The molecule has 0 radical (unpaired) electrons. The van der Waals surface area contributed by atoms with Crippen LogP contribution in [0.15, 0.2) is 18.2 Å². The minimum Gasteiger partial charge on any atom is -0.339 e. The van der Waals surface area contributed by atoms with Gasteiger partial charge in [0, 0.05) is 32.6 Å². The fourth-order valence-corrected chi connectivity index (χ4v) is 2.58. The average molecular weight is 324 g/mol. The summed E-state index contributed by atoms with van der Waals surface area (Å²) in [6.07, 6.45) is 0.433. The van der Waals surface area contributed by atoms with Gasteiger partial charge >= 0.3 is 0 Å². The maximum Gasteiger partial charge on any atom is 0.259 e. The summed E-state index contributed by atoms with van der Waals surface area (Å²) >= 11 is 0. The molecule has 0 aliphatic carbocycles. The van der Waals surface area contributed by atoms with Crippen LogP contribution in [0.2, 0.25) is 0 Å². The normalized spacial score (nSPS) is 15.7. The lowest BCUT2D eigenvalue weighted by molar-refractivity contribution is -0.134. The van der Waals surface area contributed by atoms with Crippen LogP contribution < -0.4 is 0 Å². The SMILES string of the molecule is CC(C)(C)CC(=O)N1CCN(C(=O)c2c(F)cccc2F)CC1. The van der Waals surface area contributed by atoms with Crippen molar-refractivity contribution in [2.24, 2.45) is 5.41 Å². The molecule has 1 aliphatic heterocycles. The topological polar surface area (TPSA) is 40.6 Å². The highest BCUT2D eigenvalue weighted by Crippen LogP contribution is 2.21. The fourth-order valence-electron chi connectivity index (χ4n) is 2.58. The van der Waals surface area contributed by atoms with Gasteiger partial charge < -0.3 is 9.80 Å². The van der Waals surface area contributed by atoms with Crippen molar-refractivity contribution in [2.45, 2.75) is 27.2 Å². The van der Waals surface area contributed by atoms with Crippen LogP contribution in [-0.2, 0) is 4.79 Å². The molecular weight excluding hydrogens is 302 g/mol. The van der Waals surface area contributed by atoms with Crippen LogP contribution in [0, 0.1) is 17.0 Å². The molecule has 6 heteroatoms. The molecule has 1 heterocycles. The number of benzene rings is 1. The number of piperazine rings is 1. The highest BCUT2D eigenvalue weighted by molar-refractivity contribution is 5.95. The molecular formula is C17H22F2N2O2. The van der Waals surface area contributed by atoms with Crippen molar-refractivity contribution >= 4 is 11.8 Å². The van der Waals surface area contributed by atoms with Gasteiger partial charge in [-0.15, -0.1) is 0 Å². The molecule has 0 spiro atoms. The van der Waals surface area contributed by atoms with E-state index < -0.39 is 23.1 Å². The quantitative estimate of drug-likeness (QED) is 0.839. The molecule has 1 aromatic carbocycles. The minimum absolute atomic E-state index is 0.0432. The fraction of sp³-hybridized carbons (Fsp3) is 0.529. The van der Waals surface area contributed by atoms with E-state index in [1.54, 1.807) is 4.90 Å². The van der Waals surface area contributed by atoms with E-state index in [9.17, 15) is 18.4 Å². The first-order valence-electron chi connectivity index (χ1n) is 7.70. The molecule has 1 saturated heterocycles. The second-order valence-corrected chi connectivity index (χ2v) is 7.01. The predicted molar refractivity (Wildman–Crippen MR) is 82.9 cm³/mol. The second kappa shape index (κ2) is 6.64. The molecule has 23 heavy (non-hydrogen) atoms.